The van der Waals surface area contributed by atoms with Gasteiger partial charge in [0.05, 0.1) is 0 Å². The van der Waals surface area contributed by atoms with Crippen LogP contribution in [0.3, 0.4) is 0 Å². The molecule has 24 heavy (non-hydrogen) atoms. The van der Waals surface area contributed by atoms with Crippen LogP contribution in [0.4, 0.5) is 4.79 Å². The van der Waals surface area contributed by atoms with Crippen LogP contribution in [0.15, 0.2) is 29.0 Å². The SMILES string of the molecule is CC(C)N(C)CCNC(=O)N(C)Cc1nc(-c2ccncc2)no1. The predicted molar refractivity (Wildman–Crippen MR) is 90.2 cm³/mol. The molecule has 1 N–H and O–H groups in total. The summed E-state index contributed by atoms with van der Waals surface area (Å²) in [5, 5.41) is 6.80. The third kappa shape index (κ3) is 5.02. The van der Waals surface area contributed by atoms with E-state index < -0.39 is 0 Å². The number of carbonyl (C=O) groups excluding carboxylic acids is 1. The van der Waals surface area contributed by atoms with Crippen LogP contribution < -0.4 is 5.32 Å². The van der Waals surface area contributed by atoms with Gasteiger partial charge in [0.25, 0.3) is 0 Å². The first-order chi connectivity index (χ1) is 11.5. The maximum absolute atomic E-state index is 12.1. The topological polar surface area (TPSA) is 87.4 Å². The minimum atomic E-state index is -0.171. The second kappa shape index (κ2) is 8.39. The van der Waals surface area contributed by atoms with E-state index in [-0.39, 0.29) is 12.6 Å². The lowest BCUT2D eigenvalue weighted by Gasteiger charge is -2.22. The van der Waals surface area contributed by atoms with Crippen LogP contribution in [-0.2, 0) is 6.54 Å². The van der Waals surface area contributed by atoms with E-state index >= 15 is 0 Å². The van der Waals surface area contributed by atoms with E-state index in [1.165, 1.54) is 4.90 Å². The number of amides is 2. The number of urea groups is 1. The van der Waals surface area contributed by atoms with Gasteiger partial charge in [-0.15, -0.1) is 0 Å². The fourth-order valence-corrected chi connectivity index (χ4v) is 1.94. The molecule has 2 aromatic rings. The highest BCUT2D eigenvalue weighted by Crippen LogP contribution is 2.14. The third-order valence-electron chi connectivity index (χ3n) is 3.75. The standard InChI is InChI=1S/C16H24N6O2/c1-12(2)21(3)10-9-18-16(23)22(4)11-14-19-15(20-24-14)13-5-7-17-8-6-13/h5-8,12H,9-11H2,1-4H3,(H,18,23). The maximum Gasteiger partial charge on any atom is 0.317 e. The minimum Gasteiger partial charge on any atom is -0.337 e. The summed E-state index contributed by atoms with van der Waals surface area (Å²) in [4.78, 5) is 24.0. The number of nitrogens with one attached hydrogen (secondary N) is 1. The van der Waals surface area contributed by atoms with Gasteiger partial charge in [0.15, 0.2) is 0 Å². The van der Waals surface area contributed by atoms with Crippen molar-refractivity contribution in [3.05, 3.63) is 30.4 Å². The maximum atomic E-state index is 12.1. The molecule has 0 aliphatic carbocycles. The average molecular weight is 332 g/mol. The molecule has 2 rings (SSSR count). The highest BCUT2D eigenvalue weighted by Gasteiger charge is 2.14. The molecule has 8 nitrogen and oxygen atoms in total. The molecule has 8 heteroatoms. The van der Waals surface area contributed by atoms with Gasteiger partial charge in [0.1, 0.15) is 6.54 Å². The molecule has 0 spiro atoms. The largest absolute Gasteiger partial charge is 0.337 e. The molecule has 0 aliphatic rings. The number of aromatic nitrogens is 3. The van der Waals surface area contributed by atoms with E-state index in [0.29, 0.717) is 24.3 Å². The second-order valence-corrected chi connectivity index (χ2v) is 5.91. The Morgan fingerprint density at radius 1 is 1.29 bits per heavy atom. The summed E-state index contributed by atoms with van der Waals surface area (Å²) < 4.78 is 5.20. The summed E-state index contributed by atoms with van der Waals surface area (Å²) in [6, 6.07) is 3.88. The van der Waals surface area contributed by atoms with Crippen LogP contribution >= 0.6 is 0 Å². The van der Waals surface area contributed by atoms with Crippen molar-refractivity contribution >= 4 is 6.03 Å². The van der Waals surface area contributed by atoms with Crippen LogP contribution in [0.2, 0.25) is 0 Å². The van der Waals surface area contributed by atoms with E-state index in [1.54, 1.807) is 31.6 Å². The number of hydrogen-bond donors (Lipinski definition) is 1. The monoisotopic (exact) mass is 332 g/mol. The van der Waals surface area contributed by atoms with E-state index in [2.05, 4.69) is 39.2 Å². The van der Waals surface area contributed by atoms with Gasteiger partial charge in [-0.1, -0.05) is 5.16 Å². The lowest BCUT2D eigenvalue weighted by molar-refractivity contribution is 0.196. The van der Waals surface area contributed by atoms with E-state index in [1.807, 2.05) is 7.05 Å². The zero-order valence-electron chi connectivity index (χ0n) is 14.6. The van der Waals surface area contributed by atoms with Gasteiger partial charge in [-0.2, -0.15) is 4.98 Å². The summed E-state index contributed by atoms with van der Waals surface area (Å²) in [5.74, 6) is 0.874. The van der Waals surface area contributed by atoms with E-state index in [4.69, 9.17) is 4.52 Å². The van der Waals surface area contributed by atoms with Crippen molar-refractivity contribution in [1.29, 1.82) is 0 Å². The molecule has 0 saturated carbocycles. The molecule has 0 aromatic carbocycles. The zero-order chi connectivity index (χ0) is 17.5. The first kappa shape index (κ1) is 17.9. The van der Waals surface area contributed by atoms with Crippen LogP contribution in [0, 0.1) is 0 Å². The Labute approximate surface area is 141 Å². The quantitative estimate of drug-likeness (QED) is 0.829. The predicted octanol–water partition coefficient (Wildman–Crippen LogP) is 1.61. The lowest BCUT2D eigenvalue weighted by atomic mass is 10.2. The Balaban J connectivity index is 1.83. The fraction of sp³-hybridized carbons (Fsp3) is 0.500. The Morgan fingerprint density at radius 3 is 2.67 bits per heavy atom. The van der Waals surface area contributed by atoms with Crippen molar-refractivity contribution in [3.8, 4) is 11.4 Å². The number of pyridine rings is 1. The summed E-state index contributed by atoms with van der Waals surface area (Å²) in [7, 11) is 3.72. The summed E-state index contributed by atoms with van der Waals surface area (Å²) >= 11 is 0. The smallest absolute Gasteiger partial charge is 0.317 e. The Kier molecular flexibility index (Phi) is 6.25. The molecule has 2 heterocycles. The number of likely N-dealkylation sites (N-methyl/N-ethyl adjacent to an activating group) is 1. The van der Waals surface area contributed by atoms with Gasteiger partial charge < -0.3 is 19.6 Å². The molecule has 0 atom stereocenters. The highest BCUT2D eigenvalue weighted by molar-refractivity contribution is 5.73. The van der Waals surface area contributed by atoms with Crippen molar-refractivity contribution in [2.45, 2.75) is 26.4 Å². The van der Waals surface area contributed by atoms with Crippen molar-refractivity contribution in [1.82, 2.24) is 30.2 Å². The van der Waals surface area contributed by atoms with Crippen LogP contribution in [-0.4, -0.2) is 64.2 Å². The van der Waals surface area contributed by atoms with Gasteiger partial charge in [0.2, 0.25) is 11.7 Å². The van der Waals surface area contributed by atoms with Crippen LogP contribution in [0.25, 0.3) is 11.4 Å². The van der Waals surface area contributed by atoms with Gasteiger partial charge in [-0.05, 0) is 33.0 Å². The number of rotatable bonds is 7. The number of carbonyl (C=O) groups is 1. The van der Waals surface area contributed by atoms with Gasteiger partial charge in [0, 0.05) is 44.1 Å². The molecule has 0 aliphatic heterocycles. The second-order valence-electron chi connectivity index (χ2n) is 5.91. The zero-order valence-corrected chi connectivity index (χ0v) is 14.6. The van der Waals surface area contributed by atoms with Crippen LogP contribution in [0.5, 0.6) is 0 Å². The normalized spacial score (nSPS) is 11.1. The average Bonchev–Trinajstić information content (AvgIpc) is 3.03. The lowest BCUT2D eigenvalue weighted by Crippen LogP contribution is -2.41. The molecular weight excluding hydrogens is 308 g/mol. The summed E-state index contributed by atoms with van der Waals surface area (Å²) in [6.07, 6.45) is 3.33. The molecule has 0 fully saturated rings. The molecular formula is C16H24N6O2. The molecule has 0 bridgehead atoms. The van der Waals surface area contributed by atoms with Gasteiger partial charge in [-0.25, -0.2) is 4.79 Å². The first-order valence-corrected chi connectivity index (χ1v) is 7.89. The molecule has 130 valence electrons. The van der Waals surface area contributed by atoms with Crippen molar-refractivity contribution in [3.63, 3.8) is 0 Å². The Hall–Kier alpha value is -2.48. The third-order valence-corrected chi connectivity index (χ3v) is 3.75. The van der Waals surface area contributed by atoms with Crippen molar-refractivity contribution in [2.75, 3.05) is 27.2 Å². The van der Waals surface area contributed by atoms with Gasteiger partial charge in [-0.3, -0.25) is 4.98 Å². The fourth-order valence-electron chi connectivity index (χ4n) is 1.94. The summed E-state index contributed by atoms with van der Waals surface area (Å²) in [5.41, 5.74) is 0.823. The van der Waals surface area contributed by atoms with E-state index in [0.717, 1.165) is 12.1 Å². The summed E-state index contributed by atoms with van der Waals surface area (Å²) in [6.45, 7) is 5.87. The first-order valence-electron chi connectivity index (χ1n) is 7.89. The minimum absolute atomic E-state index is 0.171. The van der Waals surface area contributed by atoms with E-state index in [9.17, 15) is 4.79 Å². The molecule has 2 amide bonds. The Morgan fingerprint density at radius 2 is 2.00 bits per heavy atom. The van der Waals surface area contributed by atoms with Crippen molar-refractivity contribution < 1.29 is 9.32 Å². The van der Waals surface area contributed by atoms with Gasteiger partial charge >= 0.3 is 6.03 Å². The molecule has 0 saturated heterocycles. The molecule has 0 radical (unpaired) electrons. The Bertz CT molecular complexity index is 643. The van der Waals surface area contributed by atoms with Crippen LogP contribution in [0.1, 0.15) is 19.7 Å². The number of hydrogen-bond acceptors (Lipinski definition) is 6. The van der Waals surface area contributed by atoms with Crippen molar-refractivity contribution in [2.24, 2.45) is 0 Å². The number of nitrogens with zero attached hydrogens (tertiary/aromatic N) is 5. The molecule has 0 unspecified atom stereocenters. The highest BCUT2D eigenvalue weighted by atomic mass is 16.5. The molecule has 2 aromatic heterocycles.